The van der Waals surface area contributed by atoms with Crippen molar-refractivity contribution >= 4 is 47.5 Å². The molecule has 0 saturated carbocycles. The Morgan fingerprint density at radius 1 is 0.618 bits per heavy atom. The van der Waals surface area contributed by atoms with Crippen LogP contribution in [0.15, 0.2) is 0 Å². The largest absolute Gasteiger partial charge is 0.481 e. The SMILES string of the molecule is NC(=O)CCC(NC(=O)C(CC(=O)O)NC(=O)C(CC(=O)O)NC(=O)C(N)CC(=O)O)C(=O)O. The number of carbonyl (C=O) groups is 8. The number of hydrogen-bond donors (Lipinski definition) is 9. The van der Waals surface area contributed by atoms with Crippen LogP contribution >= 0.6 is 0 Å². The van der Waals surface area contributed by atoms with E-state index in [9.17, 15) is 38.4 Å². The fourth-order valence-electron chi connectivity index (χ4n) is 2.42. The van der Waals surface area contributed by atoms with Gasteiger partial charge in [0, 0.05) is 6.42 Å². The van der Waals surface area contributed by atoms with Crippen LogP contribution < -0.4 is 27.4 Å². The monoisotopic (exact) mass is 491 g/mol. The van der Waals surface area contributed by atoms with Gasteiger partial charge in [-0.2, -0.15) is 0 Å². The third-order valence-electron chi connectivity index (χ3n) is 4.05. The van der Waals surface area contributed by atoms with Gasteiger partial charge in [0.2, 0.25) is 23.6 Å². The van der Waals surface area contributed by atoms with Gasteiger partial charge in [0.1, 0.15) is 18.1 Å². The molecule has 0 spiro atoms. The molecule has 34 heavy (non-hydrogen) atoms. The van der Waals surface area contributed by atoms with E-state index in [1.807, 2.05) is 16.0 Å². The molecule has 0 aliphatic heterocycles. The van der Waals surface area contributed by atoms with Gasteiger partial charge in [-0.05, 0) is 6.42 Å². The number of nitrogens with one attached hydrogen (secondary N) is 3. The molecule has 190 valence electrons. The van der Waals surface area contributed by atoms with Gasteiger partial charge in [0.25, 0.3) is 0 Å². The van der Waals surface area contributed by atoms with Crippen molar-refractivity contribution < 1.29 is 58.8 Å². The van der Waals surface area contributed by atoms with Gasteiger partial charge >= 0.3 is 23.9 Å². The highest BCUT2D eigenvalue weighted by Gasteiger charge is 2.32. The zero-order valence-corrected chi connectivity index (χ0v) is 17.6. The molecular weight excluding hydrogens is 466 g/mol. The zero-order valence-electron chi connectivity index (χ0n) is 17.6. The average Bonchev–Trinajstić information content (AvgIpc) is 2.68. The molecule has 0 aromatic rings. The second-order valence-electron chi connectivity index (χ2n) is 6.93. The normalized spacial score (nSPS) is 13.9. The minimum atomic E-state index is -1.92. The molecule has 0 bridgehead atoms. The van der Waals surface area contributed by atoms with Crippen LogP contribution in [-0.2, 0) is 38.4 Å². The Balaban J connectivity index is 5.56. The molecule has 17 heteroatoms. The zero-order chi connectivity index (χ0) is 26.6. The number of hydrogen-bond acceptors (Lipinski definition) is 9. The molecule has 0 rings (SSSR count). The third-order valence-corrected chi connectivity index (χ3v) is 4.05. The maximum atomic E-state index is 12.5. The summed E-state index contributed by atoms with van der Waals surface area (Å²) >= 11 is 0. The Morgan fingerprint density at radius 3 is 1.35 bits per heavy atom. The van der Waals surface area contributed by atoms with E-state index < -0.39 is 104 Å². The van der Waals surface area contributed by atoms with Gasteiger partial charge in [-0.1, -0.05) is 0 Å². The Hall–Kier alpha value is -4.28. The maximum absolute atomic E-state index is 12.5. The number of rotatable bonds is 16. The second-order valence-corrected chi connectivity index (χ2v) is 6.93. The van der Waals surface area contributed by atoms with Crippen molar-refractivity contribution in [1.82, 2.24) is 16.0 Å². The predicted molar refractivity (Wildman–Crippen MR) is 107 cm³/mol. The van der Waals surface area contributed by atoms with Crippen molar-refractivity contribution in [2.24, 2.45) is 11.5 Å². The molecule has 17 nitrogen and oxygen atoms in total. The highest BCUT2D eigenvalue weighted by atomic mass is 16.4. The molecule has 0 saturated heterocycles. The first-order chi connectivity index (χ1) is 15.6. The highest BCUT2D eigenvalue weighted by Crippen LogP contribution is 2.03. The standard InChI is InChI=1S/C17H25N5O12/c18-6(3-11(24)25)14(30)21-8(4-12(26)27)16(32)22-9(5-13(28)29)15(31)20-7(17(33)34)1-2-10(19)23/h6-9H,1-5,18H2,(H2,19,23)(H,20,31)(H,21,30)(H,22,32)(H,24,25)(H,26,27)(H,28,29)(H,33,34). The smallest absolute Gasteiger partial charge is 0.326 e. The Labute approximate surface area is 190 Å². The van der Waals surface area contributed by atoms with Gasteiger partial charge in [-0.25, -0.2) is 4.79 Å². The van der Waals surface area contributed by atoms with Crippen LogP contribution in [0.1, 0.15) is 32.1 Å². The molecule has 0 aliphatic carbocycles. The summed E-state index contributed by atoms with van der Waals surface area (Å²) in [5.74, 6) is -11.0. The fourth-order valence-corrected chi connectivity index (χ4v) is 2.42. The molecular formula is C17H25N5O12. The third kappa shape index (κ3) is 11.9. The quantitative estimate of drug-likeness (QED) is 0.0984. The number of primary amides is 1. The van der Waals surface area contributed by atoms with Crippen LogP contribution in [0, 0.1) is 0 Å². The van der Waals surface area contributed by atoms with E-state index >= 15 is 0 Å². The lowest BCUT2D eigenvalue weighted by Crippen LogP contribution is -2.58. The van der Waals surface area contributed by atoms with E-state index in [0.29, 0.717) is 0 Å². The number of carboxylic acids is 4. The van der Waals surface area contributed by atoms with E-state index in [4.69, 9.17) is 31.9 Å². The fraction of sp³-hybridized carbons (Fsp3) is 0.529. The molecule has 11 N–H and O–H groups in total. The van der Waals surface area contributed by atoms with Crippen LogP contribution in [0.25, 0.3) is 0 Å². The van der Waals surface area contributed by atoms with E-state index in [-0.39, 0.29) is 0 Å². The summed E-state index contributed by atoms with van der Waals surface area (Å²) in [5.41, 5.74) is 10.3. The van der Waals surface area contributed by atoms with Crippen molar-refractivity contribution in [2.75, 3.05) is 0 Å². The molecule has 0 radical (unpaired) electrons. The average molecular weight is 491 g/mol. The molecule has 4 unspecified atom stereocenters. The summed E-state index contributed by atoms with van der Waals surface area (Å²) in [6.07, 6.45) is -3.83. The minimum Gasteiger partial charge on any atom is -0.481 e. The van der Waals surface area contributed by atoms with Gasteiger partial charge in [0.05, 0.1) is 25.3 Å². The van der Waals surface area contributed by atoms with Crippen molar-refractivity contribution in [3.05, 3.63) is 0 Å². The van der Waals surface area contributed by atoms with Gasteiger partial charge in [-0.3, -0.25) is 33.6 Å². The van der Waals surface area contributed by atoms with Crippen molar-refractivity contribution in [2.45, 2.75) is 56.3 Å². The van der Waals surface area contributed by atoms with E-state index in [0.717, 1.165) is 0 Å². The molecule has 0 aromatic heterocycles. The number of aliphatic carboxylic acids is 4. The van der Waals surface area contributed by atoms with E-state index in [1.165, 1.54) is 0 Å². The van der Waals surface area contributed by atoms with Crippen LogP contribution in [0.5, 0.6) is 0 Å². The Kier molecular flexibility index (Phi) is 12.2. The molecule has 0 fully saturated rings. The lowest BCUT2D eigenvalue weighted by Gasteiger charge is -2.23. The lowest BCUT2D eigenvalue weighted by atomic mass is 10.1. The number of carbonyl (C=O) groups excluding carboxylic acids is 4. The lowest BCUT2D eigenvalue weighted by molar-refractivity contribution is -0.145. The highest BCUT2D eigenvalue weighted by molar-refractivity contribution is 5.97. The number of carboxylic acid groups (broad SMARTS) is 4. The van der Waals surface area contributed by atoms with Gasteiger partial charge in [0.15, 0.2) is 0 Å². The molecule has 0 aliphatic rings. The van der Waals surface area contributed by atoms with Gasteiger partial charge in [-0.15, -0.1) is 0 Å². The molecule has 4 amide bonds. The van der Waals surface area contributed by atoms with Crippen LogP contribution in [0.3, 0.4) is 0 Å². The van der Waals surface area contributed by atoms with Crippen molar-refractivity contribution in [1.29, 1.82) is 0 Å². The first-order valence-electron chi connectivity index (χ1n) is 9.47. The summed E-state index contributed by atoms with van der Waals surface area (Å²) in [7, 11) is 0. The first kappa shape index (κ1) is 29.7. The summed E-state index contributed by atoms with van der Waals surface area (Å²) in [6.45, 7) is 0. The van der Waals surface area contributed by atoms with Crippen LogP contribution in [0.4, 0.5) is 0 Å². The second kappa shape index (κ2) is 14.0. The summed E-state index contributed by atoms with van der Waals surface area (Å²) in [4.78, 5) is 91.8. The summed E-state index contributed by atoms with van der Waals surface area (Å²) < 4.78 is 0. The predicted octanol–water partition coefficient (Wildman–Crippen LogP) is -4.46. The summed E-state index contributed by atoms with van der Waals surface area (Å²) in [5, 5.41) is 41.5. The number of nitrogens with two attached hydrogens (primary N) is 2. The maximum Gasteiger partial charge on any atom is 0.326 e. The van der Waals surface area contributed by atoms with E-state index in [1.54, 1.807) is 0 Å². The van der Waals surface area contributed by atoms with E-state index in [2.05, 4.69) is 0 Å². The van der Waals surface area contributed by atoms with Crippen LogP contribution in [-0.4, -0.2) is 92.1 Å². The minimum absolute atomic E-state index is 0.434. The summed E-state index contributed by atoms with van der Waals surface area (Å²) in [6, 6.07) is -7.13. The van der Waals surface area contributed by atoms with Crippen molar-refractivity contribution in [3.63, 3.8) is 0 Å². The Bertz CT molecular complexity index is 845. The molecule has 0 aromatic carbocycles. The Morgan fingerprint density at radius 2 is 1.00 bits per heavy atom. The topological polar surface area (TPSA) is 306 Å². The van der Waals surface area contributed by atoms with Gasteiger partial charge < -0.3 is 47.8 Å². The van der Waals surface area contributed by atoms with Crippen molar-refractivity contribution in [3.8, 4) is 0 Å². The molecule has 0 heterocycles. The first-order valence-corrected chi connectivity index (χ1v) is 9.47. The number of amides is 4. The molecule has 4 atom stereocenters. The van der Waals surface area contributed by atoms with Crippen LogP contribution in [0.2, 0.25) is 0 Å².